The molecule has 0 aliphatic carbocycles. The predicted molar refractivity (Wildman–Crippen MR) is 101 cm³/mol. The molecule has 2 aromatic carbocycles. The third kappa shape index (κ3) is 3.42. The van der Waals surface area contributed by atoms with E-state index in [-0.39, 0.29) is 17.6 Å². The first kappa shape index (κ1) is 16.9. The molecule has 1 aliphatic rings. The summed E-state index contributed by atoms with van der Waals surface area (Å²) in [4.78, 5) is 26.5. The summed E-state index contributed by atoms with van der Waals surface area (Å²) in [5, 5.41) is 2.77. The monoisotopic (exact) mass is 362 g/mol. The van der Waals surface area contributed by atoms with Crippen LogP contribution in [0.2, 0.25) is 0 Å². The van der Waals surface area contributed by atoms with Crippen molar-refractivity contribution < 1.29 is 18.7 Å². The average Bonchev–Trinajstić information content (AvgIpc) is 3.21. The number of anilines is 2. The van der Waals surface area contributed by atoms with Gasteiger partial charge in [-0.05, 0) is 36.8 Å². The van der Waals surface area contributed by atoms with Crippen LogP contribution >= 0.6 is 0 Å². The van der Waals surface area contributed by atoms with Crippen LogP contribution in [-0.4, -0.2) is 17.9 Å². The second-order valence-electron chi connectivity index (χ2n) is 6.28. The molecule has 1 atom stereocenters. The number of benzene rings is 2. The number of furan rings is 1. The molecular formula is C21H18N2O4. The van der Waals surface area contributed by atoms with Crippen LogP contribution in [0.25, 0.3) is 0 Å². The smallest absolute Gasteiger partial charge is 0.291 e. The van der Waals surface area contributed by atoms with Crippen LogP contribution in [0.3, 0.4) is 0 Å². The highest BCUT2D eigenvalue weighted by molar-refractivity contribution is 6.03. The van der Waals surface area contributed by atoms with Gasteiger partial charge in [0, 0.05) is 11.8 Å². The molecule has 0 spiro atoms. The minimum absolute atomic E-state index is 0.0984. The Hall–Kier alpha value is -3.54. The quantitative estimate of drug-likeness (QED) is 0.765. The Morgan fingerprint density at radius 3 is 2.67 bits per heavy atom. The molecule has 0 saturated heterocycles. The zero-order valence-corrected chi connectivity index (χ0v) is 14.7. The maximum Gasteiger partial charge on any atom is 0.291 e. The number of fused-ring (bicyclic) bond motifs is 1. The minimum atomic E-state index is -0.600. The molecule has 0 saturated carbocycles. The maximum atomic E-state index is 12.6. The molecule has 27 heavy (non-hydrogen) atoms. The van der Waals surface area contributed by atoms with Gasteiger partial charge in [-0.25, -0.2) is 0 Å². The van der Waals surface area contributed by atoms with Crippen molar-refractivity contribution in [3.05, 3.63) is 78.3 Å². The van der Waals surface area contributed by atoms with Crippen LogP contribution in [-0.2, 0) is 11.3 Å². The Kier molecular flexibility index (Phi) is 4.38. The van der Waals surface area contributed by atoms with Crippen LogP contribution in [0.15, 0.2) is 71.3 Å². The third-order valence-corrected chi connectivity index (χ3v) is 4.35. The van der Waals surface area contributed by atoms with Gasteiger partial charge in [0.1, 0.15) is 5.75 Å². The van der Waals surface area contributed by atoms with Crippen LogP contribution < -0.4 is 15.0 Å². The van der Waals surface area contributed by atoms with Crippen molar-refractivity contribution in [1.29, 1.82) is 0 Å². The molecule has 1 aliphatic heterocycles. The molecule has 6 nitrogen and oxygen atoms in total. The second kappa shape index (κ2) is 6.99. The maximum absolute atomic E-state index is 12.6. The van der Waals surface area contributed by atoms with Crippen molar-refractivity contribution in [2.24, 2.45) is 0 Å². The van der Waals surface area contributed by atoms with Gasteiger partial charge in [0.25, 0.3) is 11.8 Å². The van der Waals surface area contributed by atoms with E-state index in [0.717, 1.165) is 5.56 Å². The molecule has 1 unspecified atom stereocenters. The number of amides is 2. The summed E-state index contributed by atoms with van der Waals surface area (Å²) in [6, 6.07) is 18.3. The lowest BCUT2D eigenvalue weighted by molar-refractivity contribution is -0.125. The Morgan fingerprint density at radius 2 is 1.93 bits per heavy atom. The molecule has 0 radical (unpaired) electrons. The van der Waals surface area contributed by atoms with Crippen LogP contribution in [0.4, 0.5) is 11.4 Å². The fraction of sp³-hybridized carbons (Fsp3) is 0.143. The summed E-state index contributed by atoms with van der Waals surface area (Å²) >= 11 is 0. The van der Waals surface area contributed by atoms with Crippen molar-refractivity contribution in [3.63, 3.8) is 0 Å². The first-order valence-electron chi connectivity index (χ1n) is 8.62. The van der Waals surface area contributed by atoms with Crippen LogP contribution in [0.5, 0.6) is 5.75 Å². The van der Waals surface area contributed by atoms with Gasteiger partial charge < -0.3 is 19.4 Å². The predicted octanol–water partition coefficient (Wildman–Crippen LogP) is 3.85. The molecule has 1 aromatic heterocycles. The zero-order chi connectivity index (χ0) is 18.8. The lowest BCUT2D eigenvalue weighted by atomic mass is 10.1. The molecule has 4 rings (SSSR count). The summed E-state index contributed by atoms with van der Waals surface area (Å²) in [6.45, 7) is 2.18. The molecule has 1 N–H and O–H groups in total. The van der Waals surface area contributed by atoms with Crippen molar-refractivity contribution in [1.82, 2.24) is 0 Å². The van der Waals surface area contributed by atoms with Crippen molar-refractivity contribution in [3.8, 4) is 5.75 Å². The van der Waals surface area contributed by atoms with Gasteiger partial charge >= 0.3 is 0 Å². The molecule has 0 fully saturated rings. The lowest BCUT2D eigenvalue weighted by Crippen LogP contribution is -2.44. The van der Waals surface area contributed by atoms with E-state index in [9.17, 15) is 9.59 Å². The highest BCUT2D eigenvalue weighted by Crippen LogP contribution is 2.37. The summed E-state index contributed by atoms with van der Waals surface area (Å²) < 4.78 is 10.9. The fourth-order valence-electron chi connectivity index (χ4n) is 3.02. The number of rotatable bonds is 4. The van der Waals surface area contributed by atoms with E-state index in [1.54, 1.807) is 42.2 Å². The van der Waals surface area contributed by atoms with Crippen LogP contribution in [0, 0.1) is 0 Å². The fourth-order valence-corrected chi connectivity index (χ4v) is 3.02. The van der Waals surface area contributed by atoms with Gasteiger partial charge in [-0.3, -0.25) is 9.59 Å². The van der Waals surface area contributed by atoms with Gasteiger partial charge in [-0.2, -0.15) is 0 Å². The first-order valence-corrected chi connectivity index (χ1v) is 8.62. The van der Waals surface area contributed by atoms with Crippen molar-refractivity contribution in [2.75, 3.05) is 10.2 Å². The molecule has 2 heterocycles. The molecule has 6 heteroatoms. The molecule has 3 aromatic rings. The van der Waals surface area contributed by atoms with E-state index in [1.807, 2.05) is 30.3 Å². The zero-order valence-electron chi connectivity index (χ0n) is 14.7. The number of nitrogens with one attached hydrogen (secondary N) is 1. The van der Waals surface area contributed by atoms with E-state index in [4.69, 9.17) is 9.15 Å². The van der Waals surface area contributed by atoms with Crippen molar-refractivity contribution >= 4 is 23.2 Å². The Morgan fingerprint density at radius 1 is 1.11 bits per heavy atom. The largest absolute Gasteiger partial charge is 0.479 e. The van der Waals surface area contributed by atoms with Gasteiger partial charge in [0.2, 0.25) is 0 Å². The summed E-state index contributed by atoms with van der Waals surface area (Å²) in [6.07, 6.45) is 0.844. The summed E-state index contributed by atoms with van der Waals surface area (Å²) in [5.41, 5.74) is 2.27. The second-order valence-corrected chi connectivity index (χ2v) is 6.28. The summed E-state index contributed by atoms with van der Waals surface area (Å²) in [5.74, 6) is 0.331. The Balaban J connectivity index is 1.61. The number of hydrogen-bond donors (Lipinski definition) is 1. The molecular weight excluding hydrogens is 344 g/mol. The van der Waals surface area contributed by atoms with Crippen LogP contribution in [0.1, 0.15) is 23.0 Å². The molecule has 2 amide bonds. The highest BCUT2D eigenvalue weighted by atomic mass is 16.5. The topological polar surface area (TPSA) is 71.8 Å². The lowest BCUT2D eigenvalue weighted by Gasteiger charge is -2.33. The number of carbonyl (C=O) groups excluding carboxylic acids is 2. The van der Waals surface area contributed by atoms with Gasteiger partial charge in [-0.15, -0.1) is 0 Å². The summed E-state index contributed by atoms with van der Waals surface area (Å²) in [7, 11) is 0. The average molecular weight is 362 g/mol. The first-order chi connectivity index (χ1) is 13.1. The van der Waals surface area contributed by atoms with E-state index >= 15 is 0 Å². The van der Waals surface area contributed by atoms with Gasteiger partial charge in [-0.1, -0.05) is 30.3 Å². The third-order valence-electron chi connectivity index (χ3n) is 4.35. The minimum Gasteiger partial charge on any atom is -0.479 e. The van der Waals surface area contributed by atoms with E-state index in [1.165, 1.54) is 6.26 Å². The van der Waals surface area contributed by atoms with Crippen molar-refractivity contribution in [2.45, 2.75) is 19.6 Å². The molecule has 0 bridgehead atoms. The highest BCUT2D eigenvalue weighted by Gasteiger charge is 2.31. The van der Waals surface area contributed by atoms with E-state index in [2.05, 4.69) is 5.32 Å². The number of ether oxygens (including phenoxy) is 1. The van der Waals surface area contributed by atoms with Gasteiger partial charge in [0.05, 0.1) is 18.5 Å². The Bertz CT molecular complexity index is 967. The SMILES string of the molecule is CC1Oc2cc(NC(=O)c3ccco3)ccc2N(Cc2ccccc2)C1=O. The van der Waals surface area contributed by atoms with E-state index in [0.29, 0.717) is 23.7 Å². The normalized spacial score (nSPS) is 15.8. The number of nitrogens with zero attached hydrogens (tertiary/aromatic N) is 1. The molecule has 136 valence electrons. The number of hydrogen-bond acceptors (Lipinski definition) is 4. The standard InChI is InChI=1S/C21H18N2O4/c1-14-21(25)23(13-15-6-3-2-4-7-15)17-10-9-16(12-19(17)27-14)22-20(24)18-8-5-11-26-18/h2-12,14H,13H2,1H3,(H,22,24). The number of carbonyl (C=O) groups is 2. The van der Waals surface area contributed by atoms with E-state index < -0.39 is 6.10 Å². The Labute approximate surface area is 156 Å². The van der Waals surface area contributed by atoms with Gasteiger partial charge in [0.15, 0.2) is 11.9 Å².